The van der Waals surface area contributed by atoms with Crippen LogP contribution in [-0.4, -0.2) is 41.6 Å². The number of rotatable bonds is 8. The highest BCUT2D eigenvalue weighted by Crippen LogP contribution is 2.22. The summed E-state index contributed by atoms with van der Waals surface area (Å²) in [5, 5.41) is 20.5. The Morgan fingerprint density at radius 2 is 1.81 bits per heavy atom. The summed E-state index contributed by atoms with van der Waals surface area (Å²) >= 11 is 7.20. The molecule has 0 spiro atoms. The van der Waals surface area contributed by atoms with Crippen LogP contribution in [0.2, 0.25) is 5.02 Å². The monoisotopic (exact) mass is 453 g/mol. The molecule has 0 atom stereocenters. The van der Waals surface area contributed by atoms with Crippen molar-refractivity contribution in [2.45, 2.75) is 24.9 Å². The van der Waals surface area contributed by atoms with E-state index in [9.17, 15) is 4.79 Å². The Hall–Kier alpha value is -3.17. The van der Waals surface area contributed by atoms with E-state index < -0.39 is 0 Å². The van der Waals surface area contributed by atoms with Gasteiger partial charge in [-0.25, -0.2) is 4.68 Å². The van der Waals surface area contributed by atoms with Gasteiger partial charge in [0.15, 0.2) is 0 Å². The Morgan fingerprint density at radius 3 is 2.55 bits per heavy atom. The van der Waals surface area contributed by atoms with Crippen LogP contribution in [0.15, 0.2) is 65.8 Å². The molecule has 0 fully saturated rings. The molecule has 31 heavy (non-hydrogen) atoms. The summed E-state index contributed by atoms with van der Waals surface area (Å²) in [6, 6.07) is 18.8. The summed E-state index contributed by atoms with van der Waals surface area (Å²) in [4.78, 5) is 12.7. The van der Waals surface area contributed by atoms with Gasteiger partial charge in [0.25, 0.3) is 0 Å². The van der Waals surface area contributed by atoms with Crippen molar-refractivity contribution in [3.63, 3.8) is 0 Å². The molecule has 0 saturated carbocycles. The molecule has 4 aromatic rings. The van der Waals surface area contributed by atoms with Gasteiger partial charge in [-0.05, 0) is 53.2 Å². The van der Waals surface area contributed by atoms with Crippen LogP contribution in [0, 0.1) is 0 Å². The zero-order chi connectivity index (χ0) is 21.6. The highest BCUT2D eigenvalue weighted by molar-refractivity contribution is 7.99. The van der Waals surface area contributed by atoms with Gasteiger partial charge in [-0.3, -0.25) is 4.79 Å². The Bertz CT molecular complexity index is 1160. The van der Waals surface area contributed by atoms with Crippen molar-refractivity contribution in [3.05, 3.63) is 71.4 Å². The second-order valence-corrected chi connectivity index (χ2v) is 8.08. The maximum absolute atomic E-state index is 12.7. The van der Waals surface area contributed by atoms with Gasteiger partial charge in [0.2, 0.25) is 11.1 Å². The molecule has 2 aromatic carbocycles. The van der Waals surface area contributed by atoms with Crippen molar-refractivity contribution in [3.8, 4) is 11.4 Å². The Kier molecular flexibility index (Phi) is 6.63. The van der Waals surface area contributed by atoms with Crippen LogP contribution in [0.1, 0.15) is 19.0 Å². The number of aromatic nitrogens is 6. The van der Waals surface area contributed by atoms with Crippen LogP contribution in [0.25, 0.3) is 11.4 Å². The molecule has 1 amide bonds. The number of aryl methyl sites for hydroxylation is 1. The van der Waals surface area contributed by atoms with Gasteiger partial charge in [0, 0.05) is 11.1 Å². The van der Waals surface area contributed by atoms with Gasteiger partial charge in [-0.2, -0.15) is 9.78 Å². The second kappa shape index (κ2) is 9.76. The Labute approximate surface area is 188 Å². The molecule has 2 heterocycles. The molecule has 0 aliphatic carbocycles. The van der Waals surface area contributed by atoms with Gasteiger partial charge in [0.1, 0.15) is 5.82 Å². The number of nitrogens with one attached hydrogen (secondary N) is 1. The molecular formula is C21H20ClN7OS. The molecule has 0 unspecified atom stereocenters. The van der Waals surface area contributed by atoms with E-state index in [1.54, 1.807) is 21.5 Å². The van der Waals surface area contributed by atoms with Crippen molar-refractivity contribution in [1.82, 2.24) is 30.0 Å². The smallest absolute Gasteiger partial charge is 0.236 e. The van der Waals surface area contributed by atoms with Gasteiger partial charge >= 0.3 is 0 Å². The molecular weight excluding hydrogens is 434 g/mol. The first-order valence-electron chi connectivity index (χ1n) is 9.75. The summed E-state index contributed by atoms with van der Waals surface area (Å²) < 4.78 is 3.33. The first-order valence-corrected chi connectivity index (χ1v) is 11.1. The van der Waals surface area contributed by atoms with Crippen molar-refractivity contribution < 1.29 is 4.79 Å². The summed E-state index contributed by atoms with van der Waals surface area (Å²) in [6.07, 6.45) is 1.82. The van der Waals surface area contributed by atoms with Crippen molar-refractivity contribution in [2.75, 3.05) is 11.1 Å². The molecule has 0 aliphatic rings. The van der Waals surface area contributed by atoms with Crippen LogP contribution in [0.3, 0.4) is 0 Å². The van der Waals surface area contributed by atoms with Crippen molar-refractivity contribution in [1.29, 1.82) is 0 Å². The molecule has 4 rings (SSSR count). The van der Waals surface area contributed by atoms with Crippen LogP contribution in [0.5, 0.6) is 0 Å². The predicted molar refractivity (Wildman–Crippen MR) is 121 cm³/mol. The lowest BCUT2D eigenvalue weighted by atomic mass is 10.2. The molecule has 1 N–H and O–H groups in total. The third-order valence-electron chi connectivity index (χ3n) is 4.38. The van der Waals surface area contributed by atoms with E-state index in [-0.39, 0.29) is 11.7 Å². The van der Waals surface area contributed by atoms with Crippen LogP contribution in [-0.2, 0) is 11.2 Å². The lowest BCUT2D eigenvalue weighted by Crippen LogP contribution is -2.17. The topological polar surface area (TPSA) is 90.5 Å². The maximum Gasteiger partial charge on any atom is 0.236 e. The normalized spacial score (nSPS) is 10.9. The summed E-state index contributed by atoms with van der Waals surface area (Å²) in [7, 11) is 0. The molecule has 2 aromatic heterocycles. The number of nitrogens with zero attached hydrogens (tertiary/aromatic N) is 6. The third-order valence-corrected chi connectivity index (χ3v) is 5.55. The number of halogens is 1. The number of amides is 1. The first kappa shape index (κ1) is 21.1. The highest BCUT2D eigenvalue weighted by atomic mass is 35.5. The largest absolute Gasteiger partial charge is 0.310 e. The molecule has 8 nitrogen and oxygen atoms in total. The summed E-state index contributed by atoms with van der Waals surface area (Å²) in [5.74, 6) is 0.616. The van der Waals surface area contributed by atoms with E-state index in [1.807, 2.05) is 48.5 Å². The second-order valence-electron chi connectivity index (χ2n) is 6.70. The highest BCUT2D eigenvalue weighted by Gasteiger charge is 2.15. The minimum Gasteiger partial charge on any atom is -0.310 e. The van der Waals surface area contributed by atoms with Crippen molar-refractivity contribution in [2.24, 2.45) is 0 Å². The maximum atomic E-state index is 12.7. The molecule has 158 valence electrons. The van der Waals surface area contributed by atoms with Crippen molar-refractivity contribution >= 4 is 35.1 Å². The molecule has 0 radical (unpaired) electrons. The Balaban J connectivity index is 1.47. The lowest BCUT2D eigenvalue weighted by molar-refractivity contribution is -0.113. The van der Waals surface area contributed by atoms with E-state index in [0.29, 0.717) is 16.0 Å². The number of benzene rings is 2. The number of tetrazole rings is 1. The van der Waals surface area contributed by atoms with Crippen LogP contribution >= 0.6 is 23.4 Å². The quantitative estimate of drug-likeness (QED) is 0.402. The number of hydrogen-bond donors (Lipinski definition) is 1. The number of para-hydroxylation sites is 1. The number of hydrogen-bond acceptors (Lipinski definition) is 6. The standard InChI is InChI=1S/C21H20ClN7OS/c1-2-6-16-13-19(28(25-16)17-7-4-3-5-8-17)23-20(30)14-31-21-24-26-27-29(21)18-11-9-15(22)10-12-18/h3-5,7-13H,2,6,14H2,1H3,(H,23,30). The van der Waals surface area contributed by atoms with Gasteiger partial charge in [-0.15, -0.1) is 5.10 Å². The predicted octanol–water partition coefficient (Wildman–Crippen LogP) is 4.18. The summed E-state index contributed by atoms with van der Waals surface area (Å²) in [6.45, 7) is 2.10. The van der Waals surface area contributed by atoms with E-state index in [0.717, 1.165) is 29.9 Å². The molecule has 0 saturated heterocycles. The van der Waals surface area contributed by atoms with Gasteiger partial charge < -0.3 is 5.32 Å². The third kappa shape index (κ3) is 5.12. The average molecular weight is 454 g/mol. The minimum absolute atomic E-state index is 0.150. The minimum atomic E-state index is -0.171. The number of thioether (sulfide) groups is 1. The number of carbonyl (C=O) groups excluding carboxylic acids is 1. The summed E-state index contributed by atoms with van der Waals surface area (Å²) in [5.41, 5.74) is 2.59. The first-order chi connectivity index (χ1) is 15.1. The lowest BCUT2D eigenvalue weighted by Gasteiger charge is -2.09. The fourth-order valence-electron chi connectivity index (χ4n) is 2.99. The average Bonchev–Trinajstić information content (AvgIpc) is 3.41. The van der Waals surface area contributed by atoms with Crippen LogP contribution < -0.4 is 5.32 Å². The number of carbonyl (C=O) groups is 1. The Morgan fingerprint density at radius 1 is 1.06 bits per heavy atom. The molecule has 0 bridgehead atoms. The molecule has 10 heteroatoms. The SMILES string of the molecule is CCCc1cc(NC(=O)CSc2nnnn2-c2ccc(Cl)cc2)n(-c2ccccc2)n1. The zero-order valence-electron chi connectivity index (χ0n) is 16.8. The fraction of sp³-hybridized carbons (Fsp3) is 0.190. The zero-order valence-corrected chi connectivity index (χ0v) is 18.3. The van der Waals surface area contributed by atoms with E-state index in [2.05, 4.69) is 32.9 Å². The van der Waals surface area contributed by atoms with E-state index >= 15 is 0 Å². The van der Waals surface area contributed by atoms with Gasteiger partial charge in [-0.1, -0.05) is 54.9 Å². The van der Waals surface area contributed by atoms with E-state index in [1.165, 1.54) is 11.8 Å². The van der Waals surface area contributed by atoms with E-state index in [4.69, 9.17) is 11.6 Å². The fourth-order valence-corrected chi connectivity index (χ4v) is 3.80. The van der Waals surface area contributed by atoms with Gasteiger partial charge in [0.05, 0.1) is 22.8 Å². The number of anilines is 1. The molecule has 0 aliphatic heterocycles. The van der Waals surface area contributed by atoms with Crippen LogP contribution in [0.4, 0.5) is 5.82 Å².